The van der Waals surface area contributed by atoms with E-state index in [1.165, 1.54) is 0 Å². The van der Waals surface area contributed by atoms with Crippen molar-refractivity contribution in [3.05, 3.63) is 28.8 Å². The molecule has 1 atom stereocenters. The minimum atomic E-state index is -0.694. The molecule has 1 aliphatic rings. The maximum atomic E-state index is 11.0. The van der Waals surface area contributed by atoms with Crippen molar-refractivity contribution in [1.29, 1.82) is 0 Å². The number of nitrogens with zero attached hydrogens (tertiary/aromatic N) is 1. The molecule has 1 unspecified atom stereocenters. The van der Waals surface area contributed by atoms with Crippen LogP contribution in [0.1, 0.15) is 30.1 Å². The molecule has 0 radical (unpaired) electrons. The first-order valence-electron chi connectivity index (χ1n) is 5.74. The summed E-state index contributed by atoms with van der Waals surface area (Å²) in [5.41, 5.74) is 0.736. The van der Waals surface area contributed by atoms with Gasteiger partial charge in [0.25, 0.3) is 0 Å². The van der Waals surface area contributed by atoms with Gasteiger partial charge in [-0.3, -0.25) is 4.79 Å². The number of carbonyl (C=O) groups excluding carboxylic acids is 1. The quantitative estimate of drug-likeness (QED) is 0.824. The van der Waals surface area contributed by atoms with Gasteiger partial charge < -0.3 is 10.0 Å². The van der Waals surface area contributed by atoms with Crippen LogP contribution in [0.15, 0.2) is 18.2 Å². The summed E-state index contributed by atoms with van der Waals surface area (Å²) in [6.45, 7) is 3.20. The average Bonchev–Trinajstić information content (AvgIpc) is 2.27. The smallest absolute Gasteiger partial charge is 0.152 e. The maximum Gasteiger partial charge on any atom is 0.152 e. The fraction of sp³-hybridized carbons (Fsp3) is 0.462. The molecule has 0 amide bonds. The summed E-state index contributed by atoms with van der Waals surface area (Å²) in [4.78, 5) is 13.0. The number of hydrogen-bond donors (Lipinski definition) is 1. The summed E-state index contributed by atoms with van der Waals surface area (Å²) in [6.07, 6.45) is 2.54. The molecule has 1 heterocycles. The van der Waals surface area contributed by atoms with Gasteiger partial charge in [0, 0.05) is 29.4 Å². The van der Waals surface area contributed by atoms with Gasteiger partial charge in [-0.25, -0.2) is 0 Å². The first-order chi connectivity index (χ1) is 8.02. The highest BCUT2D eigenvalue weighted by molar-refractivity contribution is 6.31. The second kappa shape index (κ2) is 4.67. The summed E-state index contributed by atoms with van der Waals surface area (Å²) in [6, 6.07) is 5.21. The predicted octanol–water partition coefficient (Wildman–Crippen LogP) is 2.50. The lowest BCUT2D eigenvalue weighted by Gasteiger charge is -2.38. The van der Waals surface area contributed by atoms with Gasteiger partial charge in [0.05, 0.1) is 5.60 Å². The topological polar surface area (TPSA) is 40.5 Å². The van der Waals surface area contributed by atoms with E-state index in [0.29, 0.717) is 17.1 Å². The Morgan fingerprint density at radius 1 is 1.53 bits per heavy atom. The van der Waals surface area contributed by atoms with Crippen LogP contribution in [0.3, 0.4) is 0 Å². The van der Waals surface area contributed by atoms with E-state index in [-0.39, 0.29) is 0 Å². The molecule has 1 fully saturated rings. The van der Waals surface area contributed by atoms with E-state index in [9.17, 15) is 9.90 Å². The van der Waals surface area contributed by atoms with Crippen molar-refractivity contribution in [1.82, 2.24) is 0 Å². The van der Waals surface area contributed by atoms with Gasteiger partial charge >= 0.3 is 0 Å². The van der Waals surface area contributed by atoms with Crippen LogP contribution in [0.5, 0.6) is 0 Å². The maximum absolute atomic E-state index is 11.0. The zero-order valence-corrected chi connectivity index (χ0v) is 10.6. The summed E-state index contributed by atoms with van der Waals surface area (Å²) >= 11 is 5.96. The highest BCUT2D eigenvalue weighted by Gasteiger charge is 2.29. The molecule has 17 heavy (non-hydrogen) atoms. The molecule has 1 N–H and O–H groups in total. The third kappa shape index (κ3) is 2.79. The third-order valence-electron chi connectivity index (χ3n) is 3.14. The van der Waals surface area contributed by atoms with E-state index in [0.717, 1.165) is 31.4 Å². The molecule has 1 aliphatic heterocycles. The first kappa shape index (κ1) is 12.4. The Labute approximate surface area is 106 Å². The molecule has 0 aliphatic carbocycles. The molecule has 1 saturated heterocycles. The summed E-state index contributed by atoms with van der Waals surface area (Å²) in [5.74, 6) is 0. The van der Waals surface area contributed by atoms with Gasteiger partial charge in [0.2, 0.25) is 0 Å². The Morgan fingerprint density at radius 3 is 2.94 bits per heavy atom. The fourth-order valence-corrected chi connectivity index (χ4v) is 2.48. The Morgan fingerprint density at radius 2 is 2.29 bits per heavy atom. The Kier molecular flexibility index (Phi) is 3.40. The number of aliphatic hydroxyl groups is 1. The number of β-amino-alcohol motifs (C(OH)–C–C–N with tert-alkyl or cyclic N) is 1. The molecular weight excluding hydrogens is 238 g/mol. The minimum Gasteiger partial charge on any atom is -0.388 e. The van der Waals surface area contributed by atoms with Crippen molar-refractivity contribution >= 4 is 23.6 Å². The van der Waals surface area contributed by atoms with Gasteiger partial charge in [-0.2, -0.15) is 0 Å². The number of aldehydes is 1. The van der Waals surface area contributed by atoms with Gasteiger partial charge in [-0.15, -0.1) is 0 Å². The number of benzene rings is 1. The lowest BCUT2D eigenvalue weighted by atomic mass is 9.94. The zero-order valence-electron chi connectivity index (χ0n) is 9.82. The van der Waals surface area contributed by atoms with Crippen molar-refractivity contribution in [2.24, 2.45) is 0 Å². The van der Waals surface area contributed by atoms with Crippen molar-refractivity contribution in [2.75, 3.05) is 18.0 Å². The van der Waals surface area contributed by atoms with Crippen molar-refractivity contribution in [3.8, 4) is 0 Å². The van der Waals surface area contributed by atoms with E-state index in [2.05, 4.69) is 0 Å². The lowest BCUT2D eigenvalue weighted by Crippen LogP contribution is -2.46. The summed E-state index contributed by atoms with van der Waals surface area (Å²) < 4.78 is 0. The average molecular weight is 254 g/mol. The van der Waals surface area contributed by atoms with E-state index >= 15 is 0 Å². The molecule has 4 heteroatoms. The summed E-state index contributed by atoms with van der Waals surface area (Å²) in [7, 11) is 0. The van der Waals surface area contributed by atoms with Crippen molar-refractivity contribution < 1.29 is 9.90 Å². The molecule has 3 nitrogen and oxygen atoms in total. The fourth-order valence-electron chi connectivity index (χ4n) is 2.32. The molecule has 0 spiro atoms. The Bertz CT molecular complexity index is 431. The molecule has 1 aromatic rings. The van der Waals surface area contributed by atoms with E-state index < -0.39 is 5.60 Å². The molecule has 92 valence electrons. The number of carbonyl (C=O) groups is 1. The molecular formula is C13H16ClNO2. The van der Waals surface area contributed by atoms with Crippen LogP contribution in [-0.2, 0) is 0 Å². The van der Waals surface area contributed by atoms with Crippen LogP contribution in [-0.4, -0.2) is 30.1 Å². The minimum absolute atomic E-state index is 0.536. The van der Waals surface area contributed by atoms with E-state index in [1.807, 2.05) is 11.8 Å². The normalized spacial score (nSPS) is 24.8. The van der Waals surface area contributed by atoms with Crippen LogP contribution >= 0.6 is 11.6 Å². The van der Waals surface area contributed by atoms with Gasteiger partial charge in [0.15, 0.2) is 6.29 Å². The summed E-state index contributed by atoms with van der Waals surface area (Å²) in [5, 5.41) is 10.7. The second-order valence-electron chi connectivity index (χ2n) is 4.84. The SMILES string of the molecule is CC1(O)CCCN(c2cc(Cl)ccc2C=O)C1. The van der Waals surface area contributed by atoms with Crippen LogP contribution in [0.4, 0.5) is 5.69 Å². The monoisotopic (exact) mass is 253 g/mol. The number of rotatable bonds is 2. The third-order valence-corrected chi connectivity index (χ3v) is 3.37. The highest BCUT2D eigenvalue weighted by Crippen LogP contribution is 2.29. The Hall–Kier alpha value is -1.06. The standard InChI is InChI=1S/C13H16ClNO2/c1-13(17)5-2-6-15(9-13)12-7-11(14)4-3-10(12)8-16/h3-4,7-8,17H,2,5-6,9H2,1H3. The molecule has 1 aromatic carbocycles. The van der Waals surface area contributed by atoms with Crippen molar-refractivity contribution in [2.45, 2.75) is 25.4 Å². The van der Waals surface area contributed by atoms with Crippen LogP contribution < -0.4 is 4.90 Å². The number of halogens is 1. The second-order valence-corrected chi connectivity index (χ2v) is 5.28. The van der Waals surface area contributed by atoms with Gasteiger partial charge in [0.1, 0.15) is 0 Å². The molecule has 0 saturated carbocycles. The van der Waals surface area contributed by atoms with Gasteiger partial charge in [-0.05, 0) is 38.0 Å². The lowest BCUT2D eigenvalue weighted by molar-refractivity contribution is 0.0448. The van der Waals surface area contributed by atoms with Crippen molar-refractivity contribution in [3.63, 3.8) is 0 Å². The number of hydrogen-bond acceptors (Lipinski definition) is 3. The van der Waals surface area contributed by atoms with Crippen LogP contribution in [0, 0.1) is 0 Å². The highest BCUT2D eigenvalue weighted by atomic mass is 35.5. The number of piperidine rings is 1. The molecule has 2 rings (SSSR count). The predicted molar refractivity (Wildman–Crippen MR) is 68.9 cm³/mol. The van der Waals surface area contributed by atoms with Gasteiger partial charge in [-0.1, -0.05) is 11.6 Å². The molecule has 0 aromatic heterocycles. The van der Waals surface area contributed by atoms with E-state index in [1.54, 1.807) is 18.2 Å². The van der Waals surface area contributed by atoms with Crippen LogP contribution in [0.25, 0.3) is 0 Å². The number of anilines is 1. The Balaban J connectivity index is 2.32. The first-order valence-corrected chi connectivity index (χ1v) is 6.12. The van der Waals surface area contributed by atoms with Crippen LogP contribution in [0.2, 0.25) is 5.02 Å². The molecule has 0 bridgehead atoms. The van der Waals surface area contributed by atoms with E-state index in [4.69, 9.17) is 11.6 Å². The zero-order chi connectivity index (χ0) is 12.5. The largest absolute Gasteiger partial charge is 0.388 e.